The highest BCUT2D eigenvalue weighted by molar-refractivity contribution is 5.89. The number of hydrogen-bond donors (Lipinski definition) is 1. The maximum Gasteiger partial charge on any atom is 0.321 e. The summed E-state index contributed by atoms with van der Waals surface area (Å²) in [6, 6.07) is 16.6. The molecule has 1 heterocycles. The Hall–Kier alpha value is -3.83. The van der Waals surface area contributed by atoms with Gasteiger partial charge in [-0.2, -0.15) is 5.26 Å². The van der Waals surface area contributed by atoms with Gasteiger partial charge in [0.05, 0.1) is 18.7 Å². The molecule has 2 aromatic rings. The van der Waals surface area contributed by atoms with E-state index in [2.05, 4.69) is 16.3 Å². The molecule has 0 aromatic heterocycles. The standard InChI is InChI=1S/C26H31N5O3/c1-21(32)30(12-6-9-23-8-3-4-11-25(23)34-2)16-13-29-14-17-31(18-15-29)26(33)28-24-10-5-7-22(19-24)20-27/h3-11,19H,12-18H2,1-2H3,(H,28,33)/b9-6+. The monoisotopic (exact) mass is 461 g/mol. The first kappa shape index (κ1) is 24.8. The summed E-state index contributed by atoms with van der Waals surface area (Å²) in [7, 11) is 1.64. The van der Waals surface area contributed by atoms with Crippen molar-refractivity contribution in [1.29, 1.82) is 5.26 Å². The summed E-state index contributed by atoms with van der Waals surface area (Å²) in [5, 5.41) is 11.9. The van der Waals surface area contributed by atoms with Gasteiger partial charge >= 0.3 is 6.03 Å². The number of ether oxygens (including phenoxy) is 1. The Morgan fingerprint density at radius 3 is 2.62 bits per heavy atom. The highest BCUT2D eigenvalue weighted by atomic mass is 16.5. The topological polar surface area (TPSA) is 88.9 Å². The number of piperazine rings is 1. The SMILES string of the molecule is COc1ccccc1/C=C/CN(CCN1CCN(C(=O)Nc2cccc(C#N)c2)CC1)C(C)=O. The molecule has 178 valence electrons. The van der Waals surface area contributed by atoms with Crippen LogP contribution in [0.15, 0.2) is 54.6 Å². The molecule has 0 unspecified atom stereocenters. The minimum atomic E-state index is -0.165. The van der Waals surface area contributed by atoms with Crippen molar-refractivity contribution in [2.24, 2.45) is 0 Å². The third kappa shape index (κ3) is 7.09. The molecule has 1 aliphatic heterocycles. The second-order valence-corrected chi connectivity index (χ2v) is 8.06. The molecule has 1 saturated heterocycles. The van der Waals surface area contributed by atoms with Crippen LogP contribution in [0.1, 0.15) is 18.1 Å². The zero-order valence-corrected chi connectivity index (χ0v) is 19.7. The van der Waals surface area contributed by atoms with Crippen LogP contribution in [-0.4, -0.2) is 79.6 Å². The van der Waals surface area contributed by atoms with Gasteiger partial charge in [0.25, 0.3) is 0 Å². The minimum Gasteiger partial charge on any atom is -0.496 e. The molecule has 3 amide bonds. The highest BCUT2D eigenvalue weighted by Crippen LogP contribution is 2.18. The normalized spacial score (nSPS) is 14.0. The van der Waals surface area contributed by atoms with Crippen LogP contribution >= 0.6 is 0 Å². The summed E-state index contributed by atoms with van der Waals surface area (Å²) in [5.41, 5.74) is 2.10. The van der Waals surface area contributed by atoms with Crippen LogP contribution in [0.3, 0.4) is 0 Å². The van der Waals surface area contributed by atoms with Gasteiger partial charge in [0.15, 0.2) is 0 Å². The number of methoxy groups -OCH3 is 1. The lowest BCUT2D eigenvalue weighted by Gasteiger charge is -2.35. The fourth-order valence-electron chi connectivity index (χ4n) is 3.79. The number of para-hydroxylation sites is 1. The molecule has 2 aromatic carbocycles. The smallest absolute Gasteiger partial charge is 0.321 e. The van der Waals surface area contributed by atoms with Gasteiger partial charge in [0.1, 0.15) is 5.75 Å². The largest absolute Gasteiger partial charge is 0.496 e. The second-order valence-electron chi connectivity index (χ2n) is 8.06. The molecule has 0 radical (unpaired) electrons. The van der Waals surface area contributed by atoms with Gasteiger partial charge < -0.3 is 19.9 Å². The van der Waals surface area contributed by atoms with E-state index in [1.807, 2.05) is 41.3 Å². The van der Waals surface area contributed by atoms with Crippen LogP contribution in [0.4, 0.5) is 10.5 Å². The van der Waals surface area contributed by atoms with Gasteiger partial charge in [-0.15, -0.1) is 0 Å². The number of rotatable bonds is 8. The van der Waals surface area contributed by atoms with Gasteiger partial charge in [0, 0.05) is 64.0 Å². The molecule has 0 spiro atoms. The number of carbonyl (C=O) groups excluding carboxylic acids is 2. The molecule has 0 atom stereocenters. The second kappa shape index (κ2) is 12.4. The van der Waals surface area contributed by atoms with E-state index >= 15 is 0 Å². The molecular formula is C26H31N5O3. The molecule has 8 nitrogen and oxygen atoms in total. The maximum atomic E-state index is 12.6. The van der Waals surface area contributed by atoms with E-state index in [0.717, 1.165) is 30.9 Å². The number of urea groups is 1. The Balaban J connectivity index is 1.44. The number of nitriles is 1. The van der Waals surface area contributed by atoms with Crippen LogP contribution in [0, 0.1) is 11.3 Å². The highest BCUT2D eigenvalue weighted by Gasteiger charge is 2.21. The van der Waals surface area contributed by atoms with E-state index in [1.54, 1.807) is 43.2 Å². The summed E-state index contributed by atoms with van der Waals surface area (Å²) in [6.07, 6.45) is 3.95. The van der Waals surface area contributed by atoms with E-state index < -0.39 is 0 Å². The quantitative estimate of drug-likeness (QED) is 0.652. The fraction of sp³-hybridized carbons (Fsp3) is 0.346. The zero-order chi connectivity index (χ0) is 24.3. The Kier molecular flexibility index (Phi) is 9.06. The number of carbonyl (C=O) groups is 2. The molecule has 0 bridgehead atoms. The van der Waals surface area contributed by atoms with Gasteiger partial charge in [-0.1, -0.05) is 36.4 Å². The van der Waals surface area contributed by atoms with E-state index in [0.29, 0.717) is 37.4 Å². The lowest BCUT2D eigenvalue weighted by atomic mass is 10.2. The van der Waals surface area contributed by atoms with Crippen molar-refractivity contribution < 1.29 is 14.3 Å². The lowest BCUT2D eigenvalue weighted by molar-refractivity contribution is -0.128. The molecule has 3 rings (SSSR count). The summed E-state index contributed by atoms with van der Waals surface area (Å²) < 4.78 is 5.36. The summed E-state index contributed by atoms with van der Waals surface area (Å²) in [4.78, 5) is 30.5. The van der Waals surface area contributed by atoms with Crippen LogP contribution in [-0.2, 0) is 4.79 Å². The first-order valence-corrected chi connectivity index (χ1v) is 11.3. The first-order valence-electron chi connectivity index (χ1n) is 11.3. The average Bonchev–Trinajstić information content (AvgIpc) is 2.86. The molecular weight excluding hydrogens is 430 g/mol. The van der Waals surface area contributed by atoms with Crippen molar-refractivity contribution in [2.45, 2.75) is 6.92 Å². The molecule has 1 aliphatic rings. The third-order valence-corrected chi connectivity index (χ3v) is 5.80. The Bertz CT molecular complexity index is 1050. The van der Waals surface area contributed by atoms with Gasteiger partial charge in [-0.3, -0.25) is 9.69 Å². The van der Waals surface area contributed by atoms with E-state index in [1.165, 1.54) is 0 Å². The zero-order valence-electron chi connectivity index (χ0n) is 19.7. The van der Waals surface area contributed by atoms with Gasteiger partial charge in [0.2, 0.25) is 5.91 Å². The van der Waals surface area contributed by atoms with E-state index in [4.69, 9.17) is 10.00 Å². The maximum absolute atomic E-state index is 12.6. The van der Waals surface area contributed by atoms with Gasteiger partial charge in [-0.25, -0.2) is 4.79 Å². The number of benzene rings is 2. The minimum absolute atomic E-state index is 0.0299. The summed E-state index contributed by atoms with van der Waals surface area (Å²) in [6.45, 7) is 6.19. The van der Waals surface area contributed by atoms with Crippen LogP contribution < -0.4 is 10.1 Å². The van der Waals surface area contributed by atoms with Crippen molar-refractivity contribution in [2.75, 3.05) is 58.2 Å². The predicted molar refractivity (Wildman–Crippen MR) is 132 cm³/mol. The molecule has 0 aliphatic carbocycles. The van der Waals surface area contributed by atoms with Crippen molar-refractivity contribution in [3.8, 4) is 11.8 Å². The summed E-state index contributed by atoms with van der Waals surface area (Å²) >= 11 is 0. The number of hydrogen-bond acceptors (Lipinski definition) is 5. The lowest BCUT2D eigenvalue weighted by Crippen LogP contribution is -2.51. The average molecular weight is 462 g/mol. The predicted octanol–water partition coefficient (Wildman–Crippen LogP) is 3.28. The van der Waals surface area contributed by atoms with E-state index in [9.17, 15) is 9.59 Å². The number of amides is 3. The number of nitrogens with one attached hydrogen (secondary N) is 1. The molecule has 34 heavy (non-hydrogen) atoms. The number of nitrogens with zero attached hydrogens (tertiary/aromatic N) is 4. The van der Waals surface area contributed by atoms with Crippen LogP contribution in [0.2, 0.25) is 0 Å². The van der Waals surface area contributed by atoms with Crippen molar-refractivity contribution in [1.82, 2.24) is 14.7 Å². The summed E-state index contributed by atoms with van der Waals surface area (Å²) in [5.74, 6) is 0.829. The Morgan fingerprint density at radius 1 is 1.15 bits per heavy atom. The Morgan fingerprint density at radius 2 is 1.91 bits per heavy atom. The van der Waals surface area contributed by atoms with Crippen LogP contribution in [0.5, 0.6) is 5.75 Å². The molecule has 0 saturated carbocycles. The molecule has 1 N–H and O–H groups in total. The van der Waals surface area contributed by atoms with E-state index in [-0.39, 0.29) is 11.9 Å². The van der Waals surface area contributed by atoms with Gasteiger partial charge in [-0.05, 0) is 24.3 Å². The van der Waals surface area contributed by atoms with Crippen LogP contribution in [0.25, 0.3) is 6.08 Å². The molecule has 8 heteroatoms. The van der Waals surface area contributed by atoms with Crippen molar-refractivity contribution >= 4 is 23.7 Å². The third-order valence-electron chi connectivity index (χ3n) is 5.80. The fourth-order valence-corrected chi connectivity index (χ4v) is 3.79. The Labute approximate surface area is 201 Å². The molecule has 1 fully saturated rings. The van der Waals surface area contributed by atoms with Crippen molar-refractivity contribution in [3.05, 3.63) is 65.7 Å². The van der Waals surface area contributed by atoms with Crippen molar-refractivity contribution in [3.63, 3.8) is 0 Å². The first-order chi connectivity index (χ1) is 16.5. The number of anilines is 1.